The minimum atomic E-state index is -0.944. The molecule has 8 heteroatoms. The lowest BCUT2D eigenvalue weighted by atomic mass is 9.96. The molecule has 0 aromatic heterocycles. The van der Waals surface area contributed by atoms with Crippen LogP contribution in [0.2, 0.25) is 0 Å². The molecular weight excluding hydrogens is 418 g/mol. The molecule has 1 heterocycles. The molecular formula is C24H26F2N2O4. The van der Waals surface area contributed by atoms with Gasteiger partial charge in [0.2, 0.25) is 0 Å². The summed E-state index contributed by atoms with van der Waals surface area (Å²) in [6, 6.07) is 10.6. The molecule has 1 aliphatic rings. The number of rotatable bonds is 6. The summed E-state index contributed by atoms with van der Waals surface area (Å²) < 4.78 is 32.2. The number of benzene rings is 2. The molecule has 6 nitrogen and oxygen atoms in total. The number of hydrogen-bond acceptors (Lipinski definition) is 4. The standard InChI is InChI=1S/C24H26F2N2O4/c1-15-3-5-17(6-4-15)14-27-22(29)16(2)32-24(31)18-9-11-28(12-10-18)23(30)20-8-7-19(25)13-21(20)26/h3-8,13,16,18H,9-12,14H2,1-2H3,(H,27,29). The molecule has 0 aliphatic carbocycles. The van der Waals surface area contributed by atoms with E-state index < -0.39 is 41.4 Å². The van der Waals surface area contributed by atoms with Crippen LogP contribution in [0.3, 0.4) is 0 Å². The summed E-state index contributed by atoms with van der Waals surface area (Å²) in [6.07, 6.45) is -0.267. The van der Waals surface area contributed by atoms with Gasteiger partial charge in [0.1, 0.15) is 11.6 Å². The predicted octanol–water partition coefficient (Wildman–Crippen LogP) is 3.37. The molecule has 0 spiro atoms. The minimum Gasteiger partial charge on any atom is -0.452 e. The summed E-state index contributed by atoms with van der Waals surface area (Å²) in [4.78, 5) is 38.6. The molecule has 2 aromatic carbocycles. The number of likely N-dealkylation sites (tertiary alicyclic amines) is 1. The van der Waals surface area contributed by atoms with Crippen molar-refractivity contribution in [2.45, 2.75) is 39.3 Å². The maximum atomic E-state index is 13.9. The Balaban J connectivity index is 1.45. The SMILES string of the molecule is Cc1ccc(CNC(=O)C(C)OC(=O)C2CCN(C(=O)c3ccc(F)cc3F)CC2)cc1. The first-order valence-electron chi connectivity index (χ1n) is 10.5. The zero-order valence-electron chi connectivity index (χ0n) is 18.1. The van der Waals surface area contributed by atoms with Crippen LogP contribution < -0.4 is 5.32 Å². The molecule has 0 radical (unpaired) electrons. The Hall–Kier alpha value is -3.29. The normalized spacial score (nSPS) is 15.2. The van der Waals surface area contributed by atoms with Gasteiger partial charge in [0.05, 0.1) is 11.5 Å². The number of piperidine rings is 1. The second kappa shape index (κ2) is 10.3. The Morgan fingerprint density at radius 3 is 2.38 bits per heavy atom. The summed E-state index contributed by atoms with van der Waals surface area (Å²) in [5.41, 5.74) is 1.86. The highest BCUT2D eigenvalue weighted by Gasteiger charge is 2.31. The van der Waals surface area contributed by atoms with Crippen molar-refractivity contribution in [1.29, 1.82) is 0 Å². The molecule has 170 valence electrons. The van der Waals surface area contributed by atoms with E-state index >= 15 is 0 Å². The average molecular weight is 444 g/mol. The average Bonchev–Trinajstić information content (AvgIpc) is 2.78. The number of aryl methyl sites for hydroxylation is 1. The van der Waals surface area contributed by atoms with Crippen LogP contribution in [0.1, 0.15) is 41.3 Å². The van der Waals surface area contributed by atoms with Gasteiger partial charge in [-0.3, -0.25) is 14.4 Å². The number of nitrogens with one attached hydrogen (secondary N) is 1. The lowest BCUT2D eigenvalue weighted by molar-refractivity contribution is -0.160. The zero-order valence-corrected chi connectivity index (χ0v) is 18.1. The zero-order chi connectivity index (χ0) is 23.3. The highest BCUT2D eigenvalue weighted by molar-refractivity contribution is 5.94. The summed E-state index contributed by atoms with van der Waals surface area (Å²) in [6.45, 7) is 4.30. The smallest absolute Gasteiger partial charge is 0.309 e. The molecule has 32 heavy (non-hydrogen) atoms. The van der Waals surface area contributed by atoms with Gasteiger partial charge in [-0.25, -0.2) is 8.78 Å². The van der Waals surface area contributed by atoms with Crippen LogP contribution >= 0.6 is 0 Å². The topological polar surface area (TPSA) is 75.7 Å². The first kappa shape index (κ1) is 23.4. The van der Waals surface area contributed by atoms with E-state index in [0.29, 0.717) is 25.5 Å². The number of nitrogens with zero attached hydrogens (tertiary/aromatic N) is 1. The molecule has 2 amide bonds. The Bertz CT molecular complexity index is 986. The summed E-state index contributed by atoms with van der Waals surface area (Å²) >= 11 is 0. The van der Waals surface area contributed by atoms with Gasteiger partial charge in [-0.1, -0.05) is 29.8 Å². The van der Waals surface area contributed by atoms with Crippen molar-refractivity contribution in [1.82, 2.24) is 10.2 Å². The number of ether oxygens (including phenoxy) is 1. The van der Waals surface area contributed by atoms with Crippen molar-refractivity contribution in [2.75, 3.05) is 13.1 Å². The molecule has 1 unspecified atom stereocenters. The molecule has 0 saturated carbocycles. The second-order valence-electron chi connectivity index (χ2n) is 7.97. The van der Waals surface area contributed by atoms with Crippen molar-refractivity contribution < 1.29 is 27.9 Å². The third-order valence-electron chi connectivity index (χ3n) is 5.53. The molecule has 1 fully saturated rings. The molecule has 2 aromatic rings. The van der Waals surface area contributed by atoms with Crippen LogP contribution in [0.4, 0.5) is 8.78 Å². The fraction of sp³-hybridized carbons (Fsp3) is 0.375. The van der Waals surface area contributed by atoms with E-state index in [4.69, 9.17) is 4.74 Å². The Labute approximate surface area is 185 Å². The van der Waals surface area contributed by atoms with Crippen LogP contribution in [-0.4, -0.2) is 41.9 Å². The van der Waals surface area contributed by atoms with Gasteiger partial charge in [0.25, 0.3) is 11.8 Å². The van der Waals surface area contributed by atoms with Crippen LogP contribution in [0.15, 0.2) is 42.5 Å². The Morgan fingerprint density at radius 1 is 1.09 bits per heavy atom. The van der Waals surface area contributed by atoms with Gasteiger partial charge in [0, 0.05) is 25.7 Å². The molecule has 1 N–H and O–H groups in total. The van der Waals surface area contributed by atoms with Gasteiger partial charge < -0.3 is 15.0 Å². The third-order valence-corrected chi connectivity index (χ3v) is 5.53. The van der Waals surface area contributed by atoms with Crippen molar-refractivity contribution in [3.8, 4) is 0 Å². The van der Waals surface area contributed by atoms with E-state index in [0.717, 1.165) is 23.3 Å². The number of carbonyl (C=O) groups is 3. The van der Waals surface area contributed by atoms with Gasteiger partial charge in [0.15, 0.2) is 6.10 Å². The maximum absolute atomic E-state index is 13.9. The van der Waals surface area contributed by atoms with Crippen LogP contribution in [0.5, 0.6) is 0 Å². The molecule has 0 bridgehead atoms. The number of carbonyl (C=O) groups excluding carboxylic acids is 3. The molecule has 1 aliphatic heterocycles. The van der Waals surface area contributed by atoms with Gasteiger partial charge in [-0.15, -0.1) is 0 Å². The number of halogens is 2. The largest absolute Gasteiger partial charge is 0.452 e. The third kappa shape index (κ3) is 5.90. The van der Waals surface area contributed by atoms with Crippen molar-refractivity contribution in [2.24, 2.45) is 5.92 Å². The molecule has 1 atom stereocenters. The van der Waals surface area contributed by atoms with Crippen molar-refractivity contribution in [3.05, 3.63) is 70.8 Å². The lowest BCUT2D eigenvalue weighted by Crippen LogP contribution is -2.42. The monoisotopic (exact) mass is 444 g/mol. The first-order valence-corrected chi connectivity index (χ1v) is 10.5. The van der Waals surface area contributed by atoms with E-state index in [2.05, 4.69) is 5.32 Å². The van der Waals surface area contributed by atoms with Crippen LogP contribution in [0.25, 0.3) is 0 Å². The number of amides is 2. The lowest BCUT2D eigenvalue weighted by Gasteiger charge is -2.31. The summed E-state index contributed by atoms with van der Waals surface area (Å²) in [5.74, 6) is -3.55. The maximum Gasteiger partial charge on any atom is 0.309 e. The summed E-state index contributed by atoms with van der Waals surface area (Å²) in [5, 5.41) is 2.74. The first-order chi connectivity index (χ1) is 15.2. The summed E-state index contributed by atoms with van der Waals surface area (Å²) in [7, 11) is 0. The van der Waals surface area contributed by atoms with Gasteiger partial charge in [-0.05, 0) is 44.4 Å². The van der Waals surface area contributed by atoms with Crippen LogP contribution in [0, 0.1) is 24.5 Å². The van der Waals surface area contributed by atoms with Gasteiger partial charge in [-0.2, -0.15) is 0 Å². The van der Waals surface area contributed by atoms with E-state index in [9.17, 15) is 23.2 Å². The fourth-order valence-corrected chi connectivity index (χ4v) is 3.51. The predicted molar refractivity (Wildman–Crippen MR) is 114 cm³/mol. The molecule has 1 saturated heterocycles. The van der Waals surface area contributed by atoms with E-state index in [1.807, 2.05) is 31.2 Å². The Kier molecular flexibility index (Phi) is 7.56. The highest BCUT2D eigenvalue weighted by Crippen LogP contribution is 2.22. The molecule has 3 rings (SSSR count). The second-order valence-corrected chi connectivity index (χ2v) is 7.97. The van der Waals surface area contributed by atoms with E-state index in [1.165, 1.54) is 11.8 Å². The van der Waals surface area contributed by atoms with Crippen molar-refractivity contribution in [3.63, 3.8) is 0 Å². The van der Waals surface area contributed by atoms with E-state index in [1.54, 1.807) is 0 Å². The number of esters is 1. The fourth-order valence-electron chi connectivity index (χ4n) is 3.51. The quantitative estimate of drug-likeness (QED) is 0.694. The Morgan fingerprint density at radius 2 is 1.75 bits per heavy atom. The van der Waals surface area contributed by atoms with Gasteiger partial charge >= 0.3 is 5.97 Å². The number of hydrogen-bond donors (Lipinski definition) is 1. The van der Waals surface area contributed by atoms with Crippen molar-refractivity contribution >= 4 is 17.8 Å². The van der Waals surface area contributed by atoms with E-state index in [-0.39, 0.29) is 18.7 Å². The van der Waals surface area contributed by atoms with Crippen LogP contribution in [-0.2, 0) is 20.9 Å². The minimum absolute atomic E-state index is 0.203. The highest BCUT2D eigenvalue weighted by atomic mass is 19.1.